The van der Waals surface area contributed by atoms with Gasteiger partial charge in [-0.2, -0.15) is 5.26 Å². The lowest BCUT2D eigenvalue weighted by Crippen LogP contribution is -2.55. The summed E-state index contributed by atoms with van der Waals surface area (Å²) in [5, 5.41) is 12.8. The van der Waals surface area contributed by atoms with E-state index >= 15 is 0 Å². The van der Waals surface area contributed by atoms with Crippen molar-refractivity contribution in [3.63, 3.8) is 0 Å². The molecule has 1 aliphatic heterocycles. The minimum atomic E-state index is -0.488. The number of carbonyl (C=O) groups excluding carboxylic acids is 1. The first-order valence-corrected chi connectivity index (χ1v) is 6.33. The van der Waals surface area contributed by atoms with Gasteiger partial charge in [-0.05, 0) is 20.8 Å². The van der Waals surface area contributed by atoms with E-state index in [0.717, 1.165) is 0 Å². The van der Waals surface area contributed by atoms with Crippen molar-refractivity contribution in [2.45, 2.75) is 26.3 Å². The van der Waals surface area contributed by atoms with Crippen LogP contribution in [-0.4, -0.2) is 52.6 Å². The highest BCUT2D eigenvalue weighted by Gasteiger charge is 2.32. The Morgan fingerprint density at radius 3 is 2.53 bits per heavy atom. The minimum absolute atomic E-state index is 0.130. The minimum Gasteiger partial charge on any atom is -0.351 e. The van der Waals surface area contributed by atoms with Crippen LogP contribution >= 0.6 is 0 Å². The maximum atomic E-state index is 12.1. The fourth-order valence-electron chi connectivity index (χ4n) is 2.16. The van der Waals surface area contributed by atoms with E-state index in [1.165, 1.54) is 0 Å². The van der Waals surface area contributed by atoms with E-state index in [-0.39, 0.29) is 11.7 Å². The number of aromatic nitrogens is 1. The van der Waals surface area contributed by atoms with Crippen molar-refractivity contribution in [3.05, 3.63) is 17.5 Å². The predicted octanol–water partition coefficient (Wildman–Crippen LogP) is 1.04. The summed E-state index contributed by atoms with van der Waals surface area (Å²) in [7, 11) is 0. The molecule has 1 amide bonds. The molecule has 0 spiro atoms. The van der Waals surface area contributed by atoms with Crippen LogP contribution < -0.4 is 0 Å². The van der Waals surface area contributed by atoms with Gasteiger partial charge in [0.1, 0.15) is 5.54 Å². The van der Waals surface area contributed by atoms with E-state index in [1.807, 2.05) is 13.8 Å². The van der Waals surface area contributed by atoms with Crippen LogP contribution in [0.3, 0.4) is 0 Å². The molecule has 0 aliphatic carbocycles. The number of hydrogen-bond donors (Lipinski definition) is 0. The number of amides is 1. The van der Waals surface area contributed by atoms with Gasteiger partial charge in [0.05, 0.1) is 11.8 Å². The van der Waals surface area contributed by atoms with Gasteiger partial charge in [-0.25, -0.2) is 0 Å². The Balaban J connectivity index is 1.97. The lowest BCUT2D eigenvalue weighted by Gasteiger charge is -2.40. The maximum absolute atomic E-state index is 12.1. The van der Waals surface area contributed by atoms with Crippen LogP contribution in [0.15, 0.2) is 10.6 Å². The Labute approximate surface area is 112 Å². The Hall–Kier alpha value is -1.87. The summed E-state index contributed by atoms with van der Waals surface area (Å²) in [5.41, 5.74) is 0.213. The average Bonchev–Trinajstić information content (AvgIpc) is 2.85. The summed E-state index contributed by atoms with van der Waals surface area (Å²) < 4.78 is 4.99. The Bertz CT molecular complexity index is 507. The summed E-state index contributed by atoms with van der Waals surface area (Å²) in [4.78, 5) is 16.0. The molecule has 19 heavy (non-hydrogen) atoms. The fourth-order valence-corrected chi connectivity index (χ4v) is 2.16. The number of hydrogen-bond acceptors (Lipinski definition) is 5. The molecule has 1 aromatic heterocycles. The molecule has 1 aliphatic rings. The SMILES string of the molecule is Cc1cc(C(=O)N2CCN(C(C)(C)C#N)CC2)on1. The molecule has 2 rings (SSSR count). The van der Waals surface area contributed by atoms with Gasteiger partial charge in [0, 0.05) is 32.2 Å². The normalized spacial score (nSPS) is 17.3. The number of carbonyl (C=O) groups is 1. The number of aryl methyl sites for hydroxylation is 1. The number of nitrogens with zero attached hydrogens (tertiary/aromatic N) is 4. The highest BCUT2D eigenvalue weighted by molar-refractivity contribution is 5.91. The summed E-state index contributed by atoms with van der Waals surface area (Å²) in [5.74, 6) is 0.153. The van der Waals surface area contributed by atoms with Crippen molar-refractivity contribution in [1.29, 1.82) is 5.26 Å². The van der Waals surface area contributed by atoms with Crippen molar-refractivity contribution >= 4 is 5.91 Å². The van der Waals surface area contributed by atoms with Gasteiger partial charge in [-0.1, -0.05) is 5.16 Å². The van der Waals surface area contributed by atoms with Gasteiger partial charge >= 0.3 is 0 Å². The second kappa shape index (κ2) is 5.02. The van der Waals surface area contributed by atoms with Crippen LogP contribution in [0.1, 0.15) is 30.1 Å². The molecule has 0 radical (unpaired) electrons. The molecule has 0 saturated carbocycles. The van der Waals surface area contributed by atoms with E-state index in [2.05, 4.69) is 16.1 Å². The third kappa shape index (κ3) is 2.76. The van der Waals surface area contributed by atoms with Gasteiger partial charge in [0.15, 0.2) is 0 Å². The highest BCUT2D eigenvalue weighted by atomic mass is 16.5. The lowest BCUT2D eigenvalue weighted by molar-refractivity contribution is 0.0487. The zero-order valence-electron chi connectivity index (χ0n) is 11.5. The van der Waals surface area contributed by atoms with E-state index in [4.69, 9.17) is 9.78 Å². The monoisotopic (exact) mass is 262 g/mol. The summed E-state index contributed by atoms with van der Waals surface area (Å²) in [6.45, 7) is 8.16. The van der Waals surface area contributed by atoms with Gasteiger partial charge in [0.25, 0.3) is 5.91 Å². The molecule has 1 fully saturated rings. The molecule has 0 aromatic carbocycles. The zero-order valence-corrected chi connectivity index (χ0v) is 11.5. The standard InChI is InChI=1S/C13H18N4O2/c1-10-8-11(19-15-10)12(18)16-4-6-17(7-5-16)13(2,3)9-14/h8H,4-7H2,1-3H3. The van der Waals surface area contributed by atoms with Crippen molar-refractivity contribution in [3.8, 4) is 6.07 Å². The van der Waals surface area contributed by atoms with Crippen LogP contribution in [0.25, 0.3) is 0 Å². The largest absolute Gasteiger partial charge is 0.351 e. The third-order valence-electron chi connectivity index (χ3n) is 3.47. The number of piperazine rings is 1. The molecular weight excluding hydrogens is 244 g/mol. The van der Waals surface area contributed by atoms with Gasteiger partial charge in [-0.3, -0.25) is 9.69 Å². The Morgan fingerprint density at radius 2 is 2.05 bits per heavy atom. The molecule has 0 unspecified atom stereocenters. The van der Waals surface area contributed by atoms with E-state index in [1.54, 1.807) is 17.9 Å². The molecule has 102 valence electrons. The summed E-state index contributed by atoms with van der Waals surface area (Å²) >= 11 is 0. The Kier molecular flexibility index (Phi) is 3.58. The van der Waals surface area contributed by atoms with Gasteiger partial charge in [0.2, 0.25) is 5.76 Å². The average molecular weight is 262 g/mol. The van der Waals surface area contributed by atoms with Crippen molar-refractivity contribution in [1.82, 2.24) is 15.0 Å². The van der Waals surface area contributed by atoms with Crippen LogP contribution in [0.4, 0.5) is 0 Å². The third-order valence-corrected chi connectivity index (χ3v) is 3.47. The molecule has 0 atom stereocenters. The molecule has 0 bridgehead atoms. The lowest BCUT2D eigenvalue weighted by atomic mass is 10.0. The molecule has 6 nitrogen and oxygen atoms in total. The second-order valence-corrected chi connectivity index (χ2v) is 5.28. The van der Waals surface area contributed by atoms with E-state index in [0.29, 0.717) is 31.9 Å². The quantitative estimate of drug-likeness (QED) is 0.796. The van der Waals surface area contributed by atoms with Crippen molar-refractivity contribution in [2.24, 2.45) is 0 Å². The van der Waals surface area contributed by atoms with Gasteiger partial charge < -0.3 is 9.42 Å². The van der Waals surface area contributed by atoms with Crippen LogP contribution in [-0.2, 0) is 0 Å². The molecule has 1 saturated heterocycles. The molecule has 0 N–H and O–H groups in total. The first-order valence-electron chi connectivity index (χ1n) is 6.33. The molecule has 1 aromatic rings. The van der Waals surface area contributed by atoms with E-state index in [9.17, 15) is 4.79 Å². The number of nitriles is 1. The molecule has 6 heteroatoms. The van der Waals surface area contributed by atoms with Crippen LogP contribution in [0.5, 0.6) is 0 Å². The molecular formula is C13H18N4O2. The topological polar surface area (TPSA) is 73.4 Å². The summed E-state index contributed by atoms with van der Waals surface area (Å²) in [6.07, 6.45) is 0. The predicted molar refractivity (Wildman–Crippen MR) is 68.4 cm³/mol. The zero-order chi connectivity index (χ0) is 14.0. The fraction of sp³-hybridized carbons (Fsp3) is 0.615. The van der Waals surface area contributed by atoms with Crippen LogP contribution in [0, 0.1) is 18.3 Å². The van der Waals surface area contributed by atoms with Gasteiger partial charge in [-0.15, -0.1) is 0 Å². The first-order chi connectivity index (χ1) is 8.94. The van der Waals surface area contributed by atoms with Crippen molar-refractivity contribution in [2.75, 3.05) is 26.2 Å². The Morgan fingerprint density at radius 1 is 1.42 bits per heavy atom. The van der Waals surface area contributed by atoms with Crippen LogP contribution in [0.2, 0.25) is 0 Å². The molecule has 2 heterocycles. The number of rotatable bonds is 2. The summed E-state index contributed by atoms with van der Waals surface area (Å²) in [6, 6.07) is 3.93. The smallest absolute Gasteiger partial charge is 0.292 e. The second-order valence-electron chi connectivity index (χ2n) is 5.28. The van der Waals surface area contributed by atoms with Crippen molar-refractivity contribution < 1.29 is 9.32 Å². The maximum Gasteiger partial charge on any atom is 0.292 e. The first kappa shape index (κ1) is 13.6. The highest BCUT2D eigenvalue weighted by Crippen LogP contribution is 2.17. The van der Waals surface area contributed by atoms with E-state index < -0.39 is 5.54 Å².